The first-order chi connectivity index (χ1) is 14.2. The Morgan fingerprint density at radius 3 is 2.30 bits per heavy atom. The molecule has 3 aromatic rings. The minimum atomic E-state index is -3.25. The summed E-state index contributed by atoms with van der Waals surface area (Å²) >= 11 is 1.33. The predicted octanol–water partition coefficient (Wildman–Crippen LogP) is 4.51. The molecule has 0 unspecified atom stereocenters. The maximum Gasteiger partial charge on any atom is 0.338 e. The Morgan fingerprint density at radius 1 is 1.03 bits per heavy atom. The zero-order chi connectivity index (χ0) is 21.8. The minimum Gasteiger partial charge on any atom is -0.410 e. The van der Waals surface area contributed by atoms with Crippen molar-refractivity contribution < 1.29 is 14.4 Å². The quantitative estimate of drug-likeness (QED) is 0.472. The van der Waals surface area contributed by atoms with Gasteiger partial charge in [0, 0.05) is 22.5 Å². The van der Waals surface area contributed by atoms with Crippen molar-refractivity contribution in [3.63, 3.8) is 0 Å². The molecule has 0 aliphatic carbocycles. The molecule has 0 spiro atoms. The van der Waals surface area contributed by atoms with Crippen molar-refractivity contribution >= 4 is 25.8 Å². The third kappa shape index (κ3) is 5.63. The molecule has 0 saturated heterocycles. The van der Waals surface area contributed by atoms with Crippen LogP contribution < -0.4 is 5.32 Å². The summed E-state index contributed by atoms with van der Waals surface area (Å²) < 4.78 is 0. The molecule has 0 radical (unpaired) electrons. The lowest BCUT2D eigenvalue weighted by Crippen LogP contribution is -2.44. The molecular formula is C23H28N2O3SSi. The number of hydrogen-bond acceptors (Lipinski definition) is 5. The number of aryl methyl sites for hydroxylation is 1. The zero-order valence-corrected chi connectivity index (χ0v) is 19.4. The van der Waals surface area contributed by atoms with Crippen molar-refractivity contribution in [2.75, 3.05) is 0 Å². The van der Waals surface area contributed by atoms with Gasteiger partial charge < -0.3 is 14.9 Å². The van der Waals surface area contributed by atoms with Crippen molar-refractivity contribution in [2.45, 2.75) is 44.8 Å². The first-order valence-electron chi connectivity index (χ1n) is 9.97. The lowest BCUT2D eigenvalue weighted by atomic mass is 10.1. The third-order valence-corrected chi connectivity index (χ3v) is 9.40. The molecule has 3 N–H and O–H groups in total. The van der Waals surface area contributed by atoms with E-state index in [9.17, 15) is 14.4 Å². The molecule has 3 rings (SSSR count). The van der Waals surface area contributed by atoms with Crippen LogP contribution >= 0.6 is 11.3 Å². The van der Waals surface area contributed by atoms with E-state index in [0.29, 0.717) is 24.0 Å². The summed E-state index contributed by atoms with van der Waals surface area (Å²) in [5, 5.41) is 4.78. The Balaban J connectivity index is 1.53. The molecule has 1 aromatic heterocycles. The molecule has 30 heavy (non-hydrogen) atoms. The lowest BCUT2D eigenvalue weighted by molar-refractivity contribution is 0.0950. The van der Waals surface area contributed by atoms with Crippen LogP contribution in [-0.2, 0) is 13.0 Å². The summed E-state index contributed by atoms with van der Waals surface area (Å²) in [6, 6.07) is 18.1. The smallest absolute Gasteiger partial charge is 0.338 e. The number of carbonyl (C=O) groups excluding carboxylic acids is 1. The fourth-order valence-corrected chi connectivity index (χ4v) is 5.02. The van der Waals surface area contributed by atoms with Gasteiger partial charge >= 0.3 is 8.56 Å². The van der Waals surface area contributed by atoms with Crippen molar-refractivity contribution in [3.8, 4) is 11.3 Å². The number of benzene rings is 2. The van der Waals surface area contributed by atoms with E-state index in [4.69, 9.17) is 0 Å². The first kappa shape index (κ1) is 22.4. The van der Waals surface area contributed by atoms with Gasteiger partial charge in [0.15, 0.2) is 5.01 Å². The molecule has 7 heteroatoms. The van der Waals surface area contributed by atoms with E-state index in [1.165, 1.54) is 11.3 Å². The average molecular weight is 441 g/mol. The van der Waals surface area contributed by atoms with Crippen LogP contribution in [0.3, 0.4) is 0 Å². The molecule has 0 fully saturated rings. The summed E-state index contributed by atoms with van der Waals surface area (Å²) in [6.45, 7) is 6.03. The second-order valence-corrected chi connectivity index (χ2v) is 13.0. The van der Waals surface area contributed by atoms with Crippen LogP contribution in [0.4, 0.5) is 0 Å². The number of nitrogens with zero attached hydrogens (tertiary/aromatic N) is 1. The molecule has 2 aromatic carbocycles. The number of rotatable bonds is 7. The molecular weight excluding hydrogens is 412 g/mol. The number of aromatic nitrogens is 1. The van der Waals surface area contributed by atoms with E-state index in [1.54, 1.807) is 0 Å². The molecule has 1 amide bonds. The van der Waals surface area contributed by atoms with Crippen molar-refractivity contribution in [1.82, 2.24) is 10.3 Å². The van der Waals surface area contributed by atoms with E-state index in [0.717, 1.165) is 22.4 Å². The Bertz CT molecular complexity index is 980. The van der Waals surface area contributed by atoms with Crippen molar-refractivity contribution in [3.05, 3.63) is 76.1 Å². The number of amides is 1. The van der Waals surface area contributed by atoms with E-state index >= 15 is 0 Å². The van der Waals surface area contributed by atoms with Gasteiger partial charge in [-0.25, -0.2) is 4.98 Å². The molecule has 0 bridgehead atoms. The van der Waals surface area contributed by atoms with Gasteiger partial charge in [-0.2, -0.15) is 0 Å². The Kier molecular flexibility index (Phi) is 6.87. The third-order valence-electron chi connectivity index (χ3n) is 5.21. The predicted molar refractivity (Wildman–Crippen MR) is 124 cm³/mol. The highest BCUT2D eigenvalue weighted by atomic mass is 32.1. The number of hydrogen-bond donors (Lipinski definition) is 3. The summed E-state index contributed by atoms with van der Waals surface area (Å²) in [5.74, 6) is -0.187. The fraction of sp³-hybridized carbons (Fsp3) is 0.304. The van der Waals surface area contributed by atoms with Gasteiger partial charge in [0.25, 0.3) is 5.91 Å². The van der Waals surface area contributed by atoms with Gasteiger partial charge in [0.1, 0.15) is 0 Å². The minimum absolute atomic E-state index is 0.187. The van der Waals surface area contributed by atoms with Gasteiger partial charge in [-0.1, -0.05) is 75.4 Å². The zero-order valence-electron chi connectivity index (χ0n) is 17.6. The Morgan fingerprint density at radius 2 is 1.67 bits per heavy atom. The summed E-state index contributed by atoms with van der Waals surface area (Å²) in [6.07, 6.45) is 0.629. The maximum atomic E-state index is 12.4. The molecule has 1 heterocycles. The second-order valence-electron chi connectivity index (χ2n) is 8.47. The van der Waals surface area contributed by atoms with E-state index in [1.807, 2.05) is 80.7 Å². The summed E-state index contributed by atoms with van der Waals surface area (Å²) in [7, 11) is -3.25. The Hall–Kier alpha value is -2.32. The van der Waals surface area contributed by atoms with Crippen LogP contribution in [0.1, 0.15) is 41.7 Å². The van der Waals surface area contributed by atoms with Crippen LogP contribution in [0.5, 0.6) is 0 Å². The lowest BCUT2D eigenvalue weighted by Gasteiger charge is -2.31. The summed E-state index contributed by atoms with van der Waals surface area (Å²) in [4.78, 5) is 37.5. The van der Waals surface area contributed by atoms with Gasteiger partial charge in [0.05, 0.1) is 5.69 Å². The van der Waals surface area contributed by atoms with Crippen LogP contribution in [0.2, 0.25) is 11.1 Å². The highest BCUT2D eigenvalue weighted by Crippen LogP contribution is 2.35. The van der Waals surface area contributed by atoms with Crippen LogP contribution in [0, 0.1) is 0 Å². The Labute approximate surface area is 182 Å². The van der Waals surface area contributed by atoms with Crippen LogP contribution in [0.25, 0.3) is 11.3 Å². The van der Waals surface area contributed by atoms with Crippen LogP contribution in [-0.4, -0.2) is 29.0 Å². The van der Waals surface area contributed by atoms with E-state index in [2.05, 4.69) is 10.3 Å². The van der Waals surface area contributed by atoms with Gasteiger partial charge in [0.2, 0.25) is 0 Å². The van der Waals surface area contributed by atoms with Gasteiger partial charge in [-0.3, -0.25) is 4.79 Å². The molecule has 0 aliphatic rings. The van der Waals surface area contributed by atoms with Crippen molar-refractivity contribution in [1.29, 1.82) is 0 Å². The standard InChI is InChI=1S/C23H28N2O3SSi/c1-23(2,3)30(27,28)14-13-17-9-11-18(12-10-17)15-24-21(26)22-25-20(16-29-22)19-7-5-4-6-8-19/h4-12,16,27-28H,13-15H2,1-3H3,(H,24,26). The monoisotopic (exact) mass is 440 g/mol. The molecule has 0 saturated carbocycles. The second kappa shape index (κ2) is 9.22. The topological polar surface area (TPSA) is 82.5 Å². The highest BCUT2D eigenvalue weighted by molar-refractivity contribution is 7.12. The molecule has 0 atom stereocenters. The van der Waals surface area contributed by atoms with Gasteiger partial charge in [-0.05, 0) is 23.6 Å². The van der Waals surface area contributed by atoms with E-state index in [-0.39, 0.29) is 5.91 Å². The maximum absolute atomic E-state index is 12.4. The fourth-order valence-electron chi connectivity index (χ4n) is 2.89. The van der Waals surface area contributed by atoms with E-state index < -0.39 is 13.6 Å². The number of thiazole rings is 1. The molecule has 158 valence electrons. The number of nitrogens with one attached hydrogen (secondary N) is 1. The normalized spacial score (nSPS) is 12.0. The largest absolute Gasteiger partial charge is 0.410 e. The van der Waals surface area contributed by atoms with Crippen LogP contribution in [0.15, 0.2) is 60.0 Å². The molecule has 5 nitrogen and oxygen atoms in total. The molecule has 0 aliphatic heterocycles. The van der Waals surface area contributed by atoms with Gasteiger partial charge in [-0.15, -0.1) is 11.3 Å². The highest BCUT2D eigenvalue weighted by Gasteiger charge is 2.42. The average Bonchev–Trinajstić information content (AvgIpc) is 3.21. The summed E-state index contributed by atoms with van der Waals surface area (Å²) in [5.41, 5.74) is 3.84. The van der Waals surface area contributed by atoms with Crippen molar-refractivity contribution in [2.24, 2.45) is 0 Å². The SMILES string of the molecule is CC(C)(C)[Si](O)(O)CCc1ccc(CNC(=O)c2nc(-c3ccccc3)cs2)cc1. The first-order valence-corrected chi connectivity index (χ1v) is 13.0. The number of carbonyl (C=O) groups is 1.